The molecule has 0 spiro atoms. The number of nitrogens with one attached hydrogen (secondary N) is 1. The molecule has 3 rings (SSSR count). The fourth-order valence-corrected chi connectivity index (χ4v) is 2.00. The minimum Gasteiger partial charge on any atom is -0.439 e. The van der Waals surface area contributed by atoms with Gasteiger partial charge in [0.05, 0.1) is 4.92 Å². The van der Waals surface area contributed by atoms with E-state index in [1.807, 2.05) is 18.2 Å². The maximum Gasteiger partial charge on any atom is 0.287 e. The number of pyridine rings is 1. The molecule has 6 nitrogen and oxygen atoms in total. The lowest BCUT2D eigenvalue weighted by molar-refractivity contribution is -0.385. The molecule has 0 unspecified atom stereocenters. The van der Waals surface area contributed by atoms with Gasteiger partial charge in [-0.2, -0.15) is 0 Å². The molecule has 1 aliphatic heterocycles. The Morgan fingerprint density at radius 2 is 2.21 bits per heavy atom. The molecule has 0 fully saturated rings. The van der Waals surface area contributed by atoms with Gasteiger partial charge in [0.15, 0.2) is 0 Å². The average molecular weight is 257 g/mol. The van der Waals surface area contributed by atoms with Crippen molar-refractivity contribution < 1.29 is 9.66 Å². The minimum atomic E-state index is -0.490. The molecule has 1 aromatic heterocycles. The molecule has 0 radical (unpaired) electrons. The van der Waals surface area contributed by atoms with Gasteiger partial charge in [-0.15, -0.1) is 0 Å². The van der Waals surface area contributed by atoms with Gasteiger partial charge in [-0.25, -0.2) is 4.98 Å². The van der Waals surface area contributed by atoms with Gasteiger partial charge < -0.3 is 10.1 Å². The zero-order valence-corrected chi connectivity index (χ0v) is 10.00. The van der Waals surface area contributed by atoms with Crippen LogP contribution in [0, 0.1) is 10.1 Å². The van der Waals surface area contributed by atoms with E-state index in [0.717, 1.165) is 18.7 Å². The van der Waals surface area contributed by atoms with Crippen molar-refractivity contribution in [3.63, 3.8) is 0 Å². The van der Waals surface area contributed by atoms with E-state index in [-0.39, 0.29) is 5.69 Å². The van der Waals surface area contributed by atoms with Crippen molar-refractivity contribution in [1.29, 1.82) is 0 Å². The summed E-state index contributed by atoms with van der Waals surface area (Å²) in [4.78, 5) is 13.9. The van der Waals surface area contributed by atoms with Gasteiger partial charge in [0.2, 0.25) is 5.88 Å². The van der Waals surface area contributed by atoms with Crippen molar-refractivity contribution in [3.05, 3.63) is 52.2 Å². The van der Waals surface area contributed by atoms with Crippen molar-refractivity contribution in [3.8, 4) is 11.6 Å². The summed E-state index contributed by atoms with van der Waals surface area (Å²) in [7, 11) is 0. The number of nitro groups is 1. The van der Waals surface area contributed by atoms with E-state index < -0.39 is 4.92 Å². The molecule has 6 heteroatoms. The lowest BCUT2D eigenvalue weighted by Gasteiger charge is -2.06. The molecular weight excluding hydrogens is 246 g/mol. The maximum absolute atomic E-state index is 10.5. The lowest BCUT2D eigenvalue weighted by Crippen LogP contribution is -1.93. The van der Waals surface area contributed by atoms with E-state index in [9.17, 15) is 10.1 Å². The van der Waals surface area contributed by atoms with Crippen LogP contribution in [-0.2, 0) is 6.42 Å². The van der Waals surface area contributed by atoms with Gasteiger partial charge in [0.1, 0.15) is 11.9 Å². The van der Waals surface area contributed by atoms with Crippen LogP contribution in [0.1, 0.15) is 5.56 Å². The lowest BCUT2D eigenvalue weighted by atomic mass is 10.1. The summed E-state index contributed by atoms with van der Waals surface area (Å²) in [6, 6.07) is 8.64. The van der Waals surface area contributed by atoms with E-state index in [0.29, 0.717) is 11.6 Å². The Hall–Kier alpha value is -2.63. The van der Waals surface area contributed by atoms with Crippen LogP contribution in [0.15, 0.2) is 36.5 Å². The number of ether oxygens (including phenoxy) is 1. The second kappa shape index (κ2) is 4.56. The van der Waals surface area contributed by atoms with Crippen LogP contribution in [0.4, 0.5) is 11.4 Å². The van der Waals surface area contributed by atoms with Crippen LogP contribution < -0.4 is 10.1 Å². The number of benzene rings is 1. The minimum absolute atomic E-state index is 0.0528. The summed E-state index contributed by atoms with van der Waals surface area (Å²) in [5, 5.41) is 13.8. The third-order valence-electron chi connectivity index (χ3n) is 2.95. The van der Waals surface area contributed by atoms with Crippen molar-refractivity contribution >= 4 is 11.4 Å². The van der Waals surface area contributed by atoms with Crippen molar-refractivity contribution in [1.82, 2.24) is 4.98 Å². The molecule has 1 aliphatic rings. The molecule has 0 aliphatic carbocycles. The first-order valence-corrected chi connectivity index (χ1v) is 5.87. The highest BCUT2D eigenvalue weighted by Crippen LogP contribution is 2.29. The van der Waals surface area contributed by atoms with E-state index in [1.54, 1.807) is 0 Å². The Bertz CT molecular complexity index is 626. The molecule has 0 amide bonds. The van der Waals surface area contributed by atoms with Gasteiger partial charge in [0.25, 0.3) is 5.69 Å². The van der Waals surface area contributed by atoms with Gasteiger partial charge in [-0.3, -0.25) is 10.1 Å². The Kier molecular flexibility index (Phi) is 2.75. The summed E-state index contributed by atoms with van der Waals surface area (Å²) in [6.45, 7) is 0.939. The summed E-state index contributed by atoms with van der Waals surface area (Å²) in [6.07, 6.45) is 2.20. The fourth-order valence-electron chi connectivity index (χ4n) is 2.00. The SMILES string of the molecule is O=[N+]([O-])c1ccc(Oc2ccc3c(c2)NCC3)nc1. The number of rotatable bonds is 3. The largest absolute Gasteiger partial charge is 0.439 e. The van der Waals surface area contributed by atoms with E-state index in [2.05, 4.69) is 10.3 Å². The number of hydrogen-bond donors (Lipinski definition) is 1. The molecule has 0 saturated heterocycles. The van der Waals surface area contributed by atoms with Gasteiger partial charge in [-0.1, -0.05) is 6.07 Å². The van der Waals surface area contributed by atoms with Crippen LogP contribution in [-0.4, -0.2) is 16.5 Å². The first kappa shape index (κ1) is 11.5. The van der Waals surface area contributed by atoms with Crippen LogP contribution >= 0.6 is 0 Å². The summed E-state index contributed by atoms with van der Waals surface area (Å²) >= 11 is 0. The van der Waals surface area contributed by atoms with Crippen LogP contribution in [0.25, 0.3) is 0 Å². The molecule has 1 aromatic carbocycles. The topological polar surface area (TPSA) is 77.3 Å². The second-order valence-corrected chi connectivity index (χ2v) is 4.21. The standard InChI is InChI=1S/C13H11N3O3/c17-16(18)10-2-4-13(15-8-10)19-11-3-1-9-5-6-14-12(9)7-11/h1-4,7-8,14H,5-6H2. The Morgan fingerprint density at radius 3 is 2.95 bits per heavy atom. The van der Waals surface area contributed by atoms with E-state index in [1.165, 1.54) is 23.9 Å². The fraction of sp³-hybridized carbons (Fsp3) is 0.154. The molecule has 0 bridgehead atoms. The van der Waals surface area contributed by atoms with Crippen molar-refractivity contribution in [2.75, 3.05) is 11.9 Å². The Balaban J connectivity index is 1.79. The predicted octanol–water partition coefficient (Wildman–Crippen LogP) is 2.75. The zero-order valence-electron chi connectivity index (χ0n) is 10.00. The molecule has 1 N–H and O–H groups in total. The summed E-state index contributed by atoms with van der Waals surface area (Å²) in [5.74, 6) is 0.998. The molecular formula is C13H11N3O3. The highest BCUT2D eigenvalue weighted by Gasteiger charge is 2.11. The first-order chi connectivity index (χ1) is 9.22. The zero-order chi connectivity index (χ0) is 13.2. The normalized spacial score (nSPS) is 12.6. The predicted molar refractivity (Wildman–Crippen MR) is 69.6 cm³/mol. The van der Waals surface area contributed by atoms with E-state index in [4.69, 9.17) is 4.74 Å². The average Bonchev–Trinajstić information content (AvgIpc) is 2.87. The molecule has 0 saturated carbocycles. The number of hydrogen-bond acceptors (Lipinski definition) is 5. The first-order valence-electron chi connectivity index (χ1n) is 5.87. The molecule has 19 heavy (non-hydrogen) atoms. The van der Waals surface area contributed by atoms with Crippen LogP contribution in [0.2, 0.25) is 0 Å². The second-order valence-electron chi connectivity index (χ2n) is 4.21. The monoisotopic (exact) mass is 257 g/mol. The smallest absolute Gasteiger partial charge is 0.287 e. The van der Waals surface area contributed by atoms with Crippen molar-refractivity contribution in [2.24, 2.45) is 0 Å². The number of aromatic nitrogens is 1. The number of fused-ring (bicyclic) bond motifs is 1. The van der Waals surface area contributed by atoms with E-state index >= 15 is 0 Å². The molecule has 2 heterocycles. The molecule has 0 atom stereocenters. The highest BCUT2D eigenvalue weighted by molar-refractivity contribution is 5.58. The summed E-state index contributed by atoms with van der Waals surface area (Å²) < 4.78 is 5.56. The van der Waals surface area contributed by atoms with Crippen LogP contribution in [0.5, 0.6) is 11.6 Å². The van der Waals surface area contributed by atoms with Gasteiger partial charge in [-0.05, 0) is 18.1 Å². The summed E-state index contributed by atoms with van der Waals surface area (Å²) in [5.41, 5.74) is 2.28. The Morgan fingerprint density at radius 1 is 1.32 bits per heavy atom. The quantitative estimate of drug-likeness (QED) is 0.675. The highest BCUT2D eigenvalue weighted by atomic mass is 16.6. The number of nitrogens with zero attached hydrogens (tertiary/aromatic N) is 2. The maximum atomic E-state index is 10.5. The van der Waals surface area contributed by atoms with Gasteiger partial charge >= 0.3 is 0 Å². The third kappa shape index (κ3) is 2.33. The van der Waals surface area contributed by atoms with Crippen molar-refractivity contribution in [2.45, 2.75) is 6.42 Å². The Labute approximate surface area is 109 Å². The molecule has 2 aromatic rings. The molecule has 96 valence electrons. The number of anilines is 1. The third-order valence-corrected chi connectivity index (χ3v) is 2.95. The van der Waals surface area contributed by atoms with Gasteiger partial charge in [0, 0.05) is 30.4 Å². The van der Waals surface area contributed by atoms with Crippen LogP contribution in [0.3, 0.4) is 0 Å².